The van der Waals surface area contributed by atoms with Crippen LogP contribution in [-0.4, -0.2) is 56.2 Å². The van der Waals surface area contributed by atoms with Crippen LogP contribution >= 0.6 is 0 Å². The number of rotatable bonds is 2. The molecule has 3 aliphatic rings. The van der Waals surface area contributed by atoms with E-state index in [4.69, 9.17) is 0 Å². The van der Waals surface area contributed by atoms with E-state index < -0.39 is 34.4 Å². The highest BCUT2D eigenvalue weighted by molar-refractivity contribution is 6.10. The number of nitrogens with zero attached hydrogens (tertiary/aromatic N) is 6. The Labute approximate surface area is 204 Å². The minimum atomic E-state index is -1.05. The maximum absolute atomic E-state index is 15.6. The van der Waals surface area contributed by atoms with Crippen LogP contribution in [0.5, 0.6) is 0 Å². The van der Waals surface area contributed by atoms with Gasteiger partial charge in [-0.3, -0.25) is 10.0 Å². The van der Waals surface area contributed by atoms with E-state index in [9.17, 15) is 19.2 Å². The Balaban J connectivity index is 1.87. The number of anilines is 2. The first-order chi connectivity index (χ1) is 17.2. The number of halogens is 2. The van der Waals surface area contributed by atoms with Gasteiger partial charge in [-0.2, -0.15) is 4.98 Å². The van der Waals surface area contributed by atoms with Gasteiger partial charge in [0.05, 0.1) is 28.2 Å². The minimum absolute atomic E-state index is 0.0945. The molecule has 0 unspecified atom stereocenters. The molecule has 0 amide bonds. The quantitative estimate of drug-likeness (QED) is 0.605. The molecule has 12 heteroatoms. The molecule has 0 bridgehead atoms. The summed E-state index contributed by atoms with van der Waals surface area (Å²) >= 11 is 0. The molecular formula is C24H23F2N7O3. The fourth-order valence-corrected chi connectivity index (χ4v) is 4.70. The van der Waals surface area contributed by atoms with Gasteiger partial charge in [0.2, 0.25) is 0 Å². The lowest BCUT2D eigenvalue weighted by Gasteiger charge is -2.38. The largest absolute Gasteiger partial charge is 0.355 e. The van der Waals surface area contributed by atoms with Crippen molar-refractivity contribution in [2.24, 2.45) is 0 Å². The number of piperazine rings is 1. The van der Waals surface area contributed by atoms with E-state index in [1.165, 1.54) is 12.4 Å². The van der Waals surface area contributed by atoms with Crippen LogP contribution in [0.25, 0.3) is 11.8 Å². The van der Waals surface area contributed by atoms with Gasteiger partial charge < -0.3 is 10.2 Å². The Morgan fingerprint density at radius 2 is 1.86 bits per heavy atom. The monoisotopic (exact) mass is 495 g/mol. The highest BCUT2D eigenvalue weighted by Gasteiger charge is 2.37. The molecule has 5 rings (SSSR count). The van der Waals surface area contributed by atoms with Gasteiger partial charge >= 0.3 is 5.69 Å². The van der Waals surface area contributed by atoms with Crippen molar-refractivity contribution in [3.8, 4) is 5.69 Å². The minimum Gasteiger partial charge on any atom is -0.351 e. The zero-order valence-electron chi connectivity index (χ0n) is 19.8. The molecule has 1 fully saturated rings. The van der Waals surface area contributed by atoms with Gasteiger partial charge in [-0.1, -0.05) is 6.08 Å². The molecule has 1 atom stereocenters. The SMILES string of the molecule is Cc1ncnc(C)c1-n1c2c(c(N3CCNC[C@@H]3C)nc1=O)C=C(F)C(=C1C(=O)C=CC=C1F)N2O. The molecule has 10 nitrogen and oxygen atoms in total. The molecule has 0 spiro atoms. The van der Waals surface area contributed by atoms with Gasteiger partial charge in [0.1, 0.15) is 23.7 Å². The molecule has 2 N–H and O–H groups in total. The molecule has 2 aliphatic heterocycles. The molecule has 0 aromatic carbocycles. The maximum Gasteiger partial charge on any atom is 0.355 e. The van der Waals surface area contributed by atoms with Crippen LogP contribution in [0.1, 0.15) is 23.9 Å². The van der Waals surface area contributed by atoms with Crippen molar-refractivity contribution in [2.45, 2.75) is 26.8 Å². The number of hydroxylamine groups is 1. The third-order valence-corrected chi connectivity index (χ3v) is 6.39. The number of ketones is 1. The second-order valence-electron chi connectivity index (χ2n) is 8.70. The highest BCUT2D eigenvalue weighted by Crippen LogP contribution is 2.42. The Kier molecular flexibility index (Phi) is 5.85. The number of aromatic nitrogens is 4. The predicted molar refractivity (Wildman–Crippen MR) is 128 cm³/mol. The van der Waals surface area contributed by atoms with Gasteiger partial charge in [-0.05, 0) is 39.0 Å². The normalized spacial score (nSPS) is 21.9. The van der Waals surface area contributed by atoms with Gasteiger partial charge in [-0.15, -0.1) is 0 Å². The molecule has 0 radical (unpaired) electrons. The van der Waals surface area contributed by atoms with Crippen LogP contribution in [0.2, 0.25) is 0 Å². The molecule has 36 heavy (non-hydrogen) atoms. The van der Waals surface area contributed by atoms with Gasteiger partial charge in [-0.25, -0.2) is 33.2 Å². The highest BCUT2D eigenvalue weighted by atomic mass is 19.1. The van der Waals surface area contributed by atoms with E-state index in [1.807, 2.05) is 11.8 Å². The molecule has 1 aliphatic carbocycles. The Morgan fingerprint density at radius 3 is 2.53 bits per heavy atom. The van der Waals surface area contributed by atoms with E-state index >= 15 is 4.39 Å². The molecular weight excluding hydrogens is 472 g/mol. The Bertz CT molecular complexity index is 1450. The van der Waals surface area contributed by atoms with Crippen LogP contribution in [0, 0.1) is 13.8 Å². The number of hydrogen-bond donors (Lipinski definition) is 2. The summed E-state index contributed by atoms with van der Waals surface area (Å²) in [6, 6.07) is -0.0945. The molecule has 1 saturated heterocycles. The van der Waals surface area contributed by atoms with Gasteiger partial charge in [0, 0.05) is 25.7 Å². The molecule has 2 aromatic heterocycles. The van der Waals surface area contributed by atoms with Crippen LogP contribution in [0.15, 0.2) is 52.3 Å². The number of carbonyl (C=O) groups excluding carboxylic acids is 1. The Morgan fingerprint density at radius 1 is 1.14 bits per heavy atom. The molecule has 2 aromatic rings. The van der Waals surface area contributed by atoms with E-state index in [2.05, 4.69) is 20.3 Å². The average molecular weight is 495 g/mol. The summed E-state index contributed by atoms with van der Waals surface area (Å²) < 4.78 is 31.4. The van der Waals surface area contributed by atoms with Crippen molar-refractivity contribution in [3.05, 3.63) is 74.9 Å². The number of fused-ring (bicyclic) bond motifs is 1. The summed E-state index contributed by atoms with van der Waals surface area (Å²) in [5, 5.41) is 15.0. The van der Waals surface area contributed by atoms with Crippen molar-refractivity contribution >= 4 is 23.5 Å². The maximum atomic E-state index is 15.6. The summed E-state index contributed by atoms with van der Waals surface area (Å²) in [6.45, 7) is 6.90. The number of aryl methyl sites for hydroxylation is 2. The first kappa shape index (κ1) is 23.7. The number of nitrogens with one attached hydrogen (secondary N) is 1. The van der Waals surface area contributed by atoms with Gasteiger partial charge in [0.25, 0.3) is 0 Å². The lowest BCUT2D eigenvalue weighted by Crippen LogP contribution is -2.51. The fraction of sp³-hybridized carbons (Fsp3) is 0.292. The molecule has 186 valence electrons. The van der Waals surface area contributed by atoms with E-state index in [0.29, 0.717) is 36.1 Å². The van der Waals surface area contributed by atoms with Gasteiger partial charge in [0.15, 0.2) is 17.4 Å². The lowest BCUT2D eigenvalue weighted by molar-refractivity contribution is -0.111. The number of hydrogen-bond acceptors (Lipinski definition) is 9. The second-order valence-corrected chi connectivity index (χ2v) is 8.70. The third-order valence-electron chi connectivity index (χ3n) is 6.39. The van der Waals surface area contributed by atoms with Crippen LogP contribution in [0.3, 0.4) is 0 Å². The lowest BCUT2D eigenvalue weighted by atomic mass is 9.98. The third kappa shape index (κ3) is 3.65. The standard InChI is InChI=1S/C24H23F2N7O3/c1-12-10-27-7-8-31(12)22-15-9-17(26)21(19-16(25)5-4-6-18(19)34)33(36)23(15)32(24(35)30-22)20-13(2)28-11-29-14(20)3/h4-6,9,11-12,27,36H,7-8,10H2,1-3H3/t12-/m0/s1. The summed E-state index contributed by atoms with van der Waals surface area (Å²) in [4.78, 5) is 40.5. The van der Waals surface area contributed by atoms with Crippen molar-refractivity contribution in [1.29, 1.82) is 0 Å². The van der Waals surface area contributed by atoms with Crippen LogP contribution in [0.4, 0.5) is 20.4 Å². The van der Waals surface area contributed by atoms with Crippen LogP contribution in [-0.2, 0) is 4.79 Å². The average Bonchev–Trinajstić information content (AvgIpc) is 2.82. The van der Waals surface area contributed by atoms with Crippen molar-refractivity contribution in [1.82, 2.24) is 24.8 Å². The first-order valence-electron chi connectivity index (χ1n) is 11.3. The van der Waals surface area contributed by atoms with E-state index in [-0.39, 0.29) is 28.9 Å². The predicted octanol–water partition coefficient (Wildman–Crippen LogP) is 2.20. The Hall–Kier alpha value is -4.03. The summed E-state index contributed by atoms with van der Waals surface area (Å²) in [6.07, 6.45) is 5.64. The number of carbonyl (C=O) groups is 1. The number of allylic oxidation sites excluding steroid dienone is 6. The smallest absolute Gasteiger partial charge is 0.351 e. The van der Waals surface area contributed by atoms with E-state index in [0.717, 1.165) is 22.8 Å². The van der Waals surface area contributed by atoms with Crippen molar-refractivity contribution < 1.29 is 18.8 Å². The van der Waals surface area contributed by atoms with Crippen molar-refractivity contribution in [2.75, 3.05) is 29.6 Å². The zero-order chi connectivity index (χ0) is 25.7. The molecule has 0 saturated carbocycles. The summed E-state index contributed by atoms with van der Waals surface area (Å²) in [7, 11) is 0. The fourth-order valence-electron chi connectivity index (χ4n) is 4.70. The topological polar surface area (TPSA) is 116 Å². The summed E-state index contributed by atoms with van der Waals surface area (Å²) in [5.41, 5.74) is -1.02. The zero-order valence-corrected chi connectivity index (χ0v) is 19.8. The summed E-state index contributed by atoms with van der Waals surface area (Å²) in [5.74, 6) is -2.93. The van der Waals surface area contributed by atoms with Crippen LogP contribution < -0.4 is 21.0 Å². The van der Waals surface area contributed by atoms with E-state index in [1.54, 1.807) is 13.8 Å². The second kappa shape index (κ2) is 8.88. The first-order valence-corrected chi connectivity index (χ1v) is 11.3. The molecule has 4 heterocycles. The van der Waals surface area contributed by atoms with Crippen molar-refractivity contribution in [3.63, 3.8) is 0 Å².